The lowest BCUT2D eigenvalue weighted by atomic mass is 9.84. The molecule has 15 atom stereocenters. The van der Waals surface area contributed by atoms with Crippen molar-refractivity contribution in [2.45, 2.75) is 98.1 Å². The van der Waals surface area contributed by atoms with E-state index in [9.17, 15) is 30.6 Å². The average molecular weight is 484 g/mol. The van der Waals surface area contributed by atoms with Gasteiger partial charge in [0.1, 0.15) is 48.8 Å². The van der Waals surface area contributed by atoms with Crippen LogP contribution in [0, 0.1) is 0 Å². The summed E-state index contributed by atoms with van der Waals surface area (Å²) in [5.41, 5.74) is 29.5. The van der Waals surface area contributed by atoms with Gasteiger partial charge in [0.25, 0.3) is 0 Å². The van der Waals surface area contributed by atoms with Crippen LogP contribution < -0.4 is 28.7 Å². The average Bonchev–Trinajstić information content (AvgIpc) is 2.79. The van der Waals surface area contributed by atoms with Gasteiger partial charge in [0, 0.05) is 18.6 Å². The van der Waals surface area contributed by atoms with Gasteiger partial charge >= 0.3 is 0 Å². The highest BCUT2D eigenvalue weighted by Crippen LogP contribution is 2.31. The van der Waals surface area contributed by atoms with Crippen molar-refractivity contribution < 1.29 is 49.6 Å². The van der Waals surface area contributed by atoms with Crippen LogP contribution in [0.3, 0.4) is 0 Å². The first kappa shape index (κ1) is 27.0. The molecule has 15 heteroatoms. The van der Waals surface area contributed by atoms with Crippen molar-refractivity contribution in [2.75, 3.05) is 13.2 Å². The fraction of sp³-hybridized carbons (Fsp3) is 1.00. The number of aliphatic hydroxyl groups is 6. The second-order valence-corrected chi connectivity index (χ2v) is 8.88. The lowest BCUT2D eigenvalue weighted by Gasteiger charge is -2.48. The van der Waals surface area contributed by atoms with E-state index < -0.39 is 98.3 Å². The molecule has 3 rings (SSSR count). The van der Waals surface area contributed by atoms with Crippen molar-refractivity contribution in [2.24, 2.45) is 28.7 Å². The van der Waals surface area contributed by atoms with E-state index in [1.54, 1.807) is 0 Å². The molecule has 0 spiro atoms. The van der Waals surface area contributed by atoms with Crippen LogP contribution in [-0.4, -0.2) is 135 Å². The summed E-state index contributed by atoms with van der Waals surface area (Å²) in [4.78, 5) is 0. The molecule has 3 aliphatic rings. The monoisotopic (exact) mass is 483 g/mol. The molecule has 16 N–H and O–H groups in total. The van der Waals surface area contributed by atoms with E-state index in [0.717, 1.165) is 0 Å². The minimum absolute atomic E-state index is 0.125. The molecule has 0 unspecified atom stereocenters. The van der Waals surface area contributed by atoms with Crippen LogP contribution in [0.4, 0.5) is 0 Å². The van der Waals surface area contributed by atoms with E-state index in [1.807, 2.05) is 0 Å². The van der Waals surface area contributed by atoms with Gasteiger partial charge in [0.05, 0.1) is 24.8 Å². The van der Waals surface area contributed by atoms with Crippen LogP contribution in [0.15, 0.2) is 0 Å². The van der Waals surface area contributed by atoms with Crippen LogP contribution in [0.25, 0.3) is 0 Å². The number of rotatable bonds is 6. The Hall–Kier alpha value is -0.600. The third-order valence-electron chi connectivity index (χ3n) is 6.57. The third-order valence-corrected chi connectivity index (χ3v) is 6.57. The second kappa shape index (κ2) is 11.0. The Bertz CT molecular complexity index is 635. The number of hydrogen-bond acceptors (Lipinski definition) is 15. The van der Waals surface area contributed by atoms with E-state index >= 15 is 0 Å². The number of ether oxygens (including phenoxy) is 4. The van der Waals surface area contributed by atoms with E-state index in [0.29, 0.717) is 0 Å². The lowest BCUT2D eigenvalue weighted by Crippen LogP contribution is -2.69. The molecule has 1 saturated carbocycles. The molecule has 0 aromatic heterocycles. The zero-order chi connectivity index (χ0) is 24.6. The first-order chi connectivity index (χ1) is 15.5. The molecule has 0 radical (unpaired) electrons. The van der Waals surface area contributed by atoms with E-state index in [2.05, 4.69) is 0 Å². The maximum Gasteiger partial charge on any atom is 0.187 e. The van der Waals surface area contributed by atoms with E-state index in [-0.39, 0.29) is 13.0 Å². The Morgan fingerprint density at radius 3 is 1.85 bits per heavy atom. The van der Waals surface area contributed by atoms with E-state index in [4.69, 9.17) is 47.6 Å². The summed E-state index contributed by atoms with van der Waals surface area (Å²) in [7, 11) is 0. The van der Waals surface area contributed by atoms with Crippen LogP contribution in [-0.2, 0) is 18.9 Å². The quantitative estimate of drug-likeness (QED) is 0.167. The molecule has 194 valence electrons. The molecule has 0 aromatic carbocycles. The first-order valence-electron chi connectivity index (χ1n) is 10.9. The molecular formula is C18H37N5O10. The van der Waals surface area contributed by atoms with Crippen molar-refractivity contribution >= 4 is 0 Å². The molecule has 15 nitrogen and oxygen atoms in total. The maximum absolute atomic E-state index is 10.7. The van der Waals surface area contributed by atoms with Crippen LogP contribution in [0.1, 0.15) is 6.42 Å². The zero-order valence-electron chi connectivity index (χ0n) is 18.0. The molecule has 33 heavy (non-hydrogen) atoms. The highest BCUT2D eigenvalue weighted by molar-refractivity contribution is 5.01. The Morgan fingerprint density at radius 1 is 0.667 bits per heavy atom. The Kier molecular flexibility index (Phi) is 8.99. The second-order valence-electron chi connectivity index (χ2n) is 8.88. The lowest BCUT2D eigenvalue weighted by molar-refractivity contribution is -0.331. The summed E-state index contributed by atoms with van der Waals surface area (Å²) in [5, 5.41) is 61.1. The summed E-state index contributed by atoms with van der Waals surface area (Å²) in [6, 6.07) is -3.88. The standard InChI is InChI=1S/C18H37N5O10/c19-2-6-11(26)13(28)9(23)17(30-6)32-15-5(21)1-4(20)10(25)16(15)33-18-14(29)12(27)8(22)7(3-24)31-18/h4-18,24-29H,1-3,19-23H2/t4-,5+,6-,7-,8-,9-,10+,11-,12+,13-,14-,15-,16-,17-,18+/m1/s1. The van der Waals surface area contributed by atoms with Gasteiger partial charge in [-0.25, -0.2) is 0 Å². The normalized spacial score (nSPS) is 53.7. The number of aliphatic hydroxyl groups excluding tert-OH is 6. The van der Waals surface area contributed by atoms with Gasteiger partial charge in [-0.3, -0.25) is 0 Å². The molecule has 0 bridgehead atoms. The minimum Gasteiger partial charge on any atom is -0.394 e. The largest absolute Gasteiger partial charge is 0.394 e. The van der Waals surface area contributed by atoms with Crippen LogP contribution >= 0.6 is 0 Å². The predicted molar refractivity (Wildman–Crippen MR) is 110 cm³/mol. The molecule has 3 fully saturated rings. The van der Waals surface area contributed by atoms with Gasteiger partial charge < -0.3 is 78.3 Å². The fourth-order valence-corrected chi connectivity index (χ4v) is 4.41. The van der Waals surface area contributed by atoms with E-state index in [1.165, 1.54) is 0 Å². The highest BCUT2D eigenvalue weighted by Gasteiger charge is 2.51. The van der Waals surface area contributed by atoms with Crippen molar-refractivity contribution in [3.63, 3.8) is 0 Å². The predicted octanol–water partition coefficient (Wildman–Crippen LogP) is -7.33. The Morgan fingerprint density at radius 2 is 1.24 bits per heavy atom. The Balaban J connectivity index is 1.80. The van der Waals surface area contributed by atoms with Crippen LogP contribution in [0.2, 0.25) is 0 Å². The minimum atomic E-state index is -1.61. The van der Waals surface area contributed by atoms with Crippen molar-refractivity contribution in [1.29, 1.82) is 0 Å². The highest BCUT2D eigenvalue weighted by atomic mass is 16.7. The molecule has 2 heterocycles. The molecule has 2 saturated heterocycles. The third kappa shape index (κ3) is 5.32. The summed E-state index contributed by atoms with van der Waals surface area (Å²) < 4.78 is 22.7. The van der Waals surface area contributed by atoms with Crippen LogP contribution in [0.5, 0.6) is 0 Å². The summed E-state index contributed by atoms with van der Waals surface area (Å²) in [5.74, 6) is 0. The number of hydrogen-bond donors (Lipinski definition) is 11. The van der Waals surface area contributed by atoms with Gasteiger partial charge in [-0.15, -0.1) is 0 Å². The van der Waals surface area contributed by atoms with Crippen molar-refractivity contribution in [3.05, 3.63) is 0 Å². The molecular weight excluding hydrogens is 446 g/mol. The number of nitrogens with two attached hydrogens (primary N) is 5. The summed E-state index contributed by atoms with van der Waals surface area (Å²) in [6.07, 6.45) is -14.3. The topological polar surface area (TPSA) is 288 Å². The van der Waals surface area contributed by atoms with Gasteiger partial charge in [-0.2, -0.15) is 0 Å². The molecule has 1 aliphatic carbocycles. The SMILES string of the molecule is NC[C@H]1O[C@H](O[C@H]2[C@H](O[C@@H]3O[C@H](CO)[C@@H](N)[C@H](O)[C@H]3O)[C@@H](O)[C@H](N)C[C@@H]2N)[C@H](N)[C@@H](O)[C@@H]1O. The fourth-order valence-electron chi connectivity index (χ4n) is 4.41. The Labute approximate surface area is 190 Å². The molecule has 0 amide bonds. The summed E-state index contributed by atoms with van der Waals surface area (Å²) >= 11 is 0. The van der Waals surface area contributed by atoms with Crippen molar-refractivity contribution in [1.82, 2.24) is 0 Å². The van der Waals surface area contributed by atoms with Gasteiger partial charge in [-0.1, -0.05) is 0 Å². The zero-order valence-corrected chi connectivity index (χ0v) is 18.0. The first-order valence-corrected chi connectivity index (χ1v) is 10.9. The molecule has 0 aromatic rings. The van der Waals surface area contributed by atoms with Gasteiger partial charge in [0.2, 0.25) is 0 Å². The van der Waals surface area contributed by atoms with Crippen molar-refractivity contribution in [3.8, 4) is 0 Å². The van der Waals surface area contributed by atoms with Gasteiger partial charge in [-0.05, 0) is 6.42 Å². The van der Waals surface area contributed by atoms with Gasteiger partial charge in [0.15, 0.2) is 12.6 Å². The maximum atomic E-state index is 10.7. The summed E-state index contributed by atoms with van der Waals surface area (Å²) in [6.45, 7) is -0.680. The molecule has 2 aliphatic heterocycles. The smallest absolute Gasteiger partial charge is 0.187 e.